The van der Waals surface area contributed by atoms with E-state index >= 15 is 0 Å². The Morgan fingerprint density at radius 3 is 2.47 bits per heavy atom. The summed E-state index contributed by atoms with van der Waals surface area (Å²) in [4.78, 5) is 29.9. The van der Waals surface area contributed by atoms with Crippen molar-refractivity contribution in [3.63, 3.8) is 0 Å². The van der Waals surface area contributed by atoms with Crippen molar-refractivity contribution in [3.05, 3.63) is 47.8 Å². The second kappa shape index (κ2) is 8.23. The highest BCUT2D eigenvalue weighted by atomic mass is 19.4. The fourth-order valence-corrected chi connectivity index (χ4v) is 4.57. The van der Waals surface area contributed by atoms with Gasteiger partial charge in [-0.25, -0.2) is 4.79 Å². The SMILES string of the molecule is CC(=O)N(C)c1cnn(C(=O)N2CCC3(CCN(Cc4ccc(C(F)(F)F)cc4)C3)C2)c1. The molecule has 1 aromatic heterocycles. The first-order valence-corrected chi connectivity index (χ1v) is 10.5. The summed E-state index contributed by atoms with van der Waals surface area (Å²) in [5.74, 6) is -0.142. The van der Waals surface area contributed by atoms with Crippen molar-refractivity contribution in [1.82, 2.24) is 19.6 Å². The predicted octanol–water partition coefficient (Wildman–Crippen LogP) is 3.45. The molecule has 7 nitrogen and oxygen atoms in total. The number of benzene rings is 1. The minimum Gasteiger partial charge on any atom is -0.322 e. The Kier molecular flexibility index (Phi) is 5.74. The lowest BCUT2D eigenvalue weighted by Crippen LogP contribution is -2.36. The second-order valence-electron chi connectivity index (χ2n) is 8.83. The summed E-state index contributed by atoms with van der Waals surface area (Å²) in [6.45, 7) is 4.93. The molecule has 2 saturated heterocycles. The fraction of sp³-hybridized carbons (Fsp3) is 0.500. The highest BCUT2D eigenvalue weighted by Gasteiger charge is 2.45. The standard InChI is InChI=1S/C22H26F3N5O2/c1-16(31)27(2)19-11-26-30(13-19)20(32)29-10-8-21(15-29)7-9-28(14-21)12-17-3-5-18(6-4-17)22(23,24)25/h3-6,11,13H,7-10,12,14-15H2,1-2H3. The molecule has 2 amide bonds. The van der Waals surface area contributed by atoms with Crippen LogP contribution in [-0.4, -0.2) is 64.7 Å². The minimum atomic E-state index is -4.33. The Hall–Kier alpha value is -2.88. The third kappa shape index (κ3) is 4.50. The summed E-state index contributed by atoms with van der Waals surface area (Å²) in [6.07, 6.45) is 0.540. The Morgan fingerprint density at radius 2 is 1.81 bits per heavy atom. The molecule has 172 valence electrons. The van der Waals surface area contributed by atoms with Gasteiger partial charge in [0.15, 0.2) is 0 Å². The Labute approximate surface area is 184 Å². The summed E-state index contributed by atoms with van der Waals surface area (Å²) < 4.78 is 39.5. The molecule has 32 heavy (non-hydrogen) atoms. The molecule has 1 aromatic carbocycles. The average Bonchev–Trinajstić information content (AvgIpc) is 3.48. The number of halogens is 3. The van der Waals surface area contributed by atoms with E-state index < -0.39 is 11.7 Å². The number of carbonyl (C=O) groups excluding carboxylic acids is 2. The van der Waals surface area contributed by atoms with Crippen LogP contribution in [0.1, 0.15) is 30.9 Å². The van der Waals surface area contributed by atoms with Gasteiger partial charge in [0.05, 0.1) is 23.6 Å². The number of carbonyl (C=O) groups is 2. The zero-order chi connectivity index (χ0) is 23.1. The Morgan fingerprint density at radius 1 is 1.12 bits per heavy atom. The molecule has 0 saturated carbocycles. The minimum absolute atomic E-state index is 0.00622. The van der Waals surface area contributed by atoms with E-state index in [-0.39, 0.29) is 17.4 Å². The van der Waals surface area contributed by atoms with Crippen molar-refractivity contribution in [2.75, 3.05) is 38.1 Å². The molecule has 1 spiro atoms. The number of hydrogen-bond acceptors (Lipinski definition) is 4. The van der Waals surface area contributed by atoms with Crippen LogP contribution in [0.4, 0.5) is 23.7 Å². The molecule has 0 aliphatic carbocycles. The molecule has 2 fully saturated rings. The van der Waals surface area contributed by atoms with Crippen molar-refractivity contribution in [1.29, 1.82) is 0 Å². The van der Waals surface area contributed by atoms with Crippen LogP contribution in [0, 0.1) is 5.41 Å². The molecule has 0 N–H and O–H groups in total. The second-order valence-corrected chi connectivity index (χ2v) is 8.83. The van der Waals surface area contributed by atoms with Gasteiger partial charge in [-0.3, -0.25) is 9.69 Å². The van der Waals surface area contributed by atoms with Crippen LogP contribution in [0.5, 0.6) is 0 Å². The van der Waals surface area contributed by atoms with E-state index in [0.29, 0.717) is 25.3 Å². The van der Waals surface area contributed by atoms with Crippen molar-refractivity contribution in [2.24, 2.45) is 5.41 Å². The highest BCUT2D eigenvalue weighted by molar-refractivity contribution is 5.91. The molecule has 2 aromatic rings. The van der Waals surface area contributed by atoms with Gasteiger partial charge in [0.1, 0.15) is 0 Å². The van der Waals surface area contributed by atoms with Gasteiger partial charge in [0.25, 0.3) is 0 Å². The predicted molar refractivity (Wildman–Crippen MR) is 112 cm³/mol. The zero-order valence-electron chi connectivity index (χ0n) is 18.1. The monoisotopic (exact) mass is 449 g/mol. The summed E-state index contributed by atoms with van der Waals surface area (Å²) in [5, 5.41) is 4.12. The number of hydrogen-bond donors (Lipinski definition) is 0. The zero-order valence-corrected chi connectivity index (χ0v) is 18.1. The maximum Gasteiger partial charge on any atom is 0.416 e. The molecular weight excluding hydrogens is 423 g/mol. The number of rotatable bonds is 3. The van der Waals surface area contributed by atoms with Crippen LogP contribution in [0.25, 0.3) is 0 Å². The number of nitrogens with zero attached hydrogens (tertiary/aromatic N) is 5. The van der Waals surface area contributed by atoms with Gasteiger partial charge in [-0.2, -0.15) is 23.0 Å². The molecular formula is C22H26F3N5O2. The third-order valence-corrected chi connectivity index (χ3v) is 6.54. The van der Waals surface area contributed by atoms with E-state index in [1.54, 1.807) is 18.1 Å². The number of amides is 2. The molecule has 1 atom stereocenters. The van der Waals surface area contributed by atoms with Gasteiger partial charge in [0, 0.05) is 45.6 Å². The van der Waals surface area contributed by atoms with Crippen LogP contribution >= 0.6 is 0 Å². The van der Waals surface area contributed by atoms with Crippen LogP contribution in [0.15, 0.2) is 36.7 Å². The molecule has 2 aliphatic rings. The van der Waals surface area contributed by atoms with Crippen molar-refractivity contribution in [3.8, 4) is 0 Å². The Bertz CT molecular complexity index is 1000. The van der Waals surface area contributed by atoms with E-state index in [9.17, 15) is 22.8 Å². The maximum absolute atomic E-state index is 12.9. The van der Waals surface area contributed by atoms with E-state index in [1.807, 2.05) is 0 Å². The summed E-state index contributed by atoms with van der Waals surface area (Å²) in [5.41, 5.74) is 0.761. The summed E-state index contributed by atoms with van der Waals surface area (Å²) in [7, 11) is 1.63. The third-order valence-electron chi connectivity index (χ3n) is 6.54. The number of aromatic nitrogens is 2. The van der Waals surface area contributed by atoms with Crippen molar-refractivity contribution >= 4 is 17.6 Å². The van der Waals surface area contributed by atoms with E-state index in [4.69, 9.17) is 0 Å². The van der Waals surface area contributed by atoms with Crippen molar-refractivity contribution < 1.29 is 22.8 Å². The van der Waals surface area contributed by atoms with Gasteiger partial charge < -0.3 is 9.80 Å². The first-order chi connectivity index (χ1) is 15.1. The van der Waals surface area contributed by atoms with Gasteiger partial charge in [-0.1, -0.05) is 12.1 Å². The van der Waals surface area contributed by atoms with Gasteiger partial charge >= 0.3 is 12.2 Å². The maximum atomic E-state index is 12.9. The normalized spacial score (nSPS) is 21.5. The van der Waals surface area contributed by atoms with Crippen LogP contribution < -0.4 is 4.90 Å². The van der Waals surface area contributed by atoms with Gasteiger partial charge in [-0.15, -0.1) is 0 Å². The van der Waals surface area contributed by atoms with Crippen LogP contribution in [-0.2, 0) is 17.5 Å². The summed E-state index contributed by atoms with van der Waals surface area (Å²) >= 11 is 0. The molecule has 0 bridgehead atoms. The highest BCUT2D eigenvalue weighted by Crippen LogP contribution is 2.40. The summed E-state index contributed by atoms with van der Waals surface area (Å²) in [6, 6.07) is 5.10. The molecule has 4 rings (SSSR count). The van der Waals surface area contributed by atoms with Crippen molar-refractivity contribution in [2.45, 2.75) is 32.5 Å². The Balaban J connectivity index is 1.35. The van der Waals surface area contributed by atoms with Crippen LogP contribution in [0.2, 0.25) is 0 Å². The first-order valence-electron chi connectivity index (χ1n) is 10.5. The largest absolute Gasteiger partial charge is 0.416 e. The quantitative estimate of drug-likeness (QED) is 0.720. The van der Waals surface area contributed by atoms with E-state index in [2.05, 4.69) is 10.00 Å². The number of likely N-dealkylation sites (tertiary alicyclic amines) is 2. The lowest BCUT2D eigenvalue weighted by atomic mass is 9.86. The lowest BCUT2D eigenvalue weighted by molar-refractivity contribution is -0.137. The van der Waals surface area contributed by atoms with Gasteiger partial charge in [-0.05, 0) is 37.1 Å². The molecule has 2 aliphatic heterocycles. The van der Waals surface area contributed by atoms with Gasteiger partial charge in [0.2, 0.25) is 5.91 Å². The molecule has 1 unspecified atom stereocenters. The lowest BCUT2D eigenvalue weighted by Gasteiger charge is -2.24. The smallest absolute Gasteiger partial charge is 0.322 e. The first kappa shape index (κ1) is 22.3. The topological polar surface area (TPSA) is 61.7 Å². The molecule has 3 heterocycles. The number of alkyl halides is 3. The van der Waals surface area contributed by atoms with Crippen LogP contribution in [0.3, 0.4) is 0 Å². The molecule has 10 heteroatoms. The van der Waals surface area contributed by atoms with E-state index in [0.717, 1.165) is 43.6 Å². The fourth-order valence-electron chi connectivity index (χ4n) is 4.57. The molecule has 0 radical (unpaired) electrons. The van der Waals surface area contributed by atoms with E-state index in [1.165, 1.54) is 34.8 Å². The number of anilines is 1. The average molecular weight is 449 g/mol.